The van der Waals surface area contributed by atoms with Crippen molar-refractivity contribution in [2.24, 2.45) is 28.1 Å². The first-order valence-corrected chi connectivity index (χ1v) is 13.7. The van der Waals surface area contributed by atoms with Gasteiger partial charge in [-0.1, -0.05) is 38.5 Å². The van der Waals surface area contributed by atoms with E-state index in [2.05, 4.69) is 38.6 Å². The monoisotopic (exact) mass is 576 g/mol. The molecule has 13 nitrogen and oxygen atoms in total. The molecule has 5 unspecified atom stereocenters. The summed E-state index contributed by atoms with van der Waals surface area (Å²) in [4.78, 5) is 57.6. The lowest BCUT2D eigenvalue weighted by Gasteiger charge is -2.27. The summed E-state index contributed by atoms with van der Waals surface area (Å²) in [5.74, 6) is -3.57. The first-order chi connectivity index (χ1) is 19.0. The van der Waals surface area contributed by atoms with E-state index >= 15 is 0 Å². The Bertz CT molecular complexity index is 1200. The maximum atomic E-state index is 13.2. The molecule has 3 amide bonds. The van der Waals surface area contributed by atoms with Gasteiger partial charge in [-0.05, 0) is 36.8 Å². The number of nitrogens with two attached hydrogens (primary N) is 3. The average Bonchev–Trinajstić information content (AvgIpc) is 3.33. The molecule has 2 aromatic rings. The first kappa shape index (κ1) is 32.4. The fourth-order valence-electron chi connectivity index (χ4n) is 4.08. The third-order valence-electron chi connectivity index (χ3n) is 6.62. The number of H-pyrrole nitrogens is 1. The van der Waals surface area contributed by atoms with Gasteiger partial charge >= 0.3 is 5.97 Å². The van der Waals surface area contributed by atoms with Crippen LogP contribution in [0.4, 0.5) is 0 Å². The molecule has 1 heterocycles. The summed E-state index contributed by atoms with van der Waals surface area (Å²) in [6, 6.07) is 3.41. The van der Waals surface area contributed by atoms with Crippen LogP contribution < -0.4 is 33.2 Å². The van der Waals surface area contributed by atoms with Crippen LogP contribution in [-0.4, -0.2) is 76.2 Å². The summed E-state index contributed by atoms with van der Waals surface area (Å²) in [5.41, 5.74) is 18.5. The quantitative estimate of drug-likeness (QED) is 0.0551. The van der Waals surface area contributed by atoms with Crippen molar-refractivity contribution in [2.75, 3.05) is 12.3 Å². The number of thiol groups is 1. The van der Waals surface area contributed by atoms with Crippen molar-refractivity contribution in [3.8, 4) is 0 Å². The number of guanidine groups is 1. The van der Waals surface area contributed by atoms with Crippen molar-refractivity contribution >= 4 is 53.2 Å². The summed E-state index contributed by atoms with van der Waals surface area (Å²) in [7, 11) is 0. The van der Waals surface area contributed by atoms with Gasteiger partial charge in [-0.25, -0.2) is 4.79 Å². The minimum Gasteiger partial charge on any atom is -0.480 e. The number of nitrogens with one attached hydrogen (secondary N) is 4. The number of aliphatic imine (C=N–C) groups is 1. The molecular weight excluding hydrogens is 536 g/mol. The van der Waals surface area contributed by atoms with Crippen molar-refractivity contribution in [1.82, 2.24) is 20.9 Å². The summed E-state index contributed by atoms with van der Waals surface area (Å²) in [6.07, 6.45) is 3.01. The highest BCUT2D eigenvalue weighted by atomic mass is 32.1. The zero-order valence-electron chi connectivity index (χ0n) is 22.7. The number of rotatable bonds is 16. The Balaban J connectivity index is 2.04. The molecule has 0 bridgehead atoms. The number of benzene rings is 1. The lowest BCUT2D eigenvalue weighted by Crippen LogP contribution is -2.59. The molecule has 0 aliphatic rings. The van der Waals surface area contributed by atoms with Crippen LogP contribution in [0.2, 0.25) is 0 Å². The number of hydrogen-bond acceptors (Lipinski definition) is 7. The number of aliphatic carboxylic acids is 1. The molecule has 220 valence electrons. The molecule has 0 radical (unpaired) electrons. The average molecular weight is 577 g/mol. The molecule has 5 atom stereocenters. The van der Waals surface area contributed by atoms with Gasteiger partial charge in [0, 0.05) is 29.4 Å². The zero-order valence-corrected chi connectivity index (χ0v) is 23.6. The minimum atomic E-state index is -1.24. The number of carbonyl (C=O) groups is 4. The molecule has 0 spiro atoms. The van der Waals surface area contributed by atoms with E-state index in [1.54, 1.807) is 13.1 Å². The summed E-state index contributed by atoms with van der Waals surface area (Å²) < 4.78 is 0. The van der Waals surface area contributed by atoms with Crippen LogP contribution in [0.3, 0.4) is 0 Å². The highest BCUT2D eigenvalue weighted by Gasteiger charge is 2.32. The maximum absolute atomic E-state index is 13.2. The van der Waals surface area contributed by atoms with Gasteiger partial charge < -0.3 is 43.2 Å². The van der Waals surface area contributed by atoms with Crippen LogP contribution in [0.5, 0.6) is 0 Å². The molecule has 0 fully saturated rings. The lowest BCUT2D eigenvalue weighted by molar-refractivity contribution is -0.142. The third-order valence-corrected chi connectivity index (χ3v) is 6.99. The fourth-order valence-corrected chi connectivity index (χ4v) is 4.34. The van der Waals surface area contributed by atoms with E-state index in [4.69, 9.17) is 17.2 Å². The van der Waals surface area contributed by atoms with E-state index in [9.17, 15) is 24.3 Å². The Morgan fingerprint density at radius 3 is 2.35 bits per heavy atom. The standard InChI is InChI=1S/C26H40N8O5S/c1-3-14(2)21(34-22(35)17(27)11-15-12-31-18-8-5-4-7-16(15)18)24(37)33-20(13-40)23(36)32-19(25(38)39)9-6-10-30-26(28)29/h4-5,7-8,12,14,17,19-21,31,40H,3,6,9-11,13,27H2,1-2H3,(H,32,36)(H,33,37)(H,34,35)(H,38,39)(H4,28,29,30). The van der Waals surface area contributed by atoms with E-state index in [0.29, 0.717) is 12.8 Å². The molecule has 1 aromatic heterocycles. The molecular formula is C26H40N8O5S. The minimum absolute atomic E-state index is 0.0744. The van der Waals surface area contributed by atoms with Gasteiger partial charge in [0.25, 0.3) is 0 Å². The highest BCUT2D eigenvalue weighted by Crippen LogP contribution is 2.19. The number of carbonyl (C=O) groups excluding carboxylic acids is 3. The number of hydrogen-bond donors (Lipinski definition) is 9. The van der Waals surface area contributed by atoms with E-state index in [-0.39, 0.29) is 37.0 Å². The van der Waals surface area contributed by atoms with Crippen molar-refractivity contribution in [3.05, 3.63) is 36.0 Å². The van der Waals surface area contributed by atoms with Gasteiger partial charge in [0.15, 0.2) is 5.96 Å². The second-order valence-electron chi connectivity index (χ2n) is 9.63. The number of aromatic nitrogens is 1. The fraction of sp³-hybridized carbons (Fsp3) is 0.500. The Morgan fingerprint density at radius 1 is 1.05 bits per heavy atom. The van der Waals surface area contributed by atoms with Crippen LogP contribution in [0.15, 0.2) is 35.5 Å². The molecule has 0 aliphatic carbocycles. The molecule has 1 aromatic carbocycles. The van der Waals surface area contributed by atoms with Crippen LogP contribution in [0, 0.1) is 5.92 Å². The van der Waals surface area contributed by atoms with Crippen molar-refractivity contribution in [2.45, 2.75) is 63.7 Å². The molecule has 0 aliphatic heterocycles. The van der Waals surface area contributed by atoms with Gasteiger partial charge in [0.05, 0.1) is 6.04 Å². The second kappa shape index (κ2) is 15.7. The molecule has 40 heavy (non-hydrogen) atoms. The Morgan fingerprint density at radius 2 is 1.73 bits per heavy atom. The van der Waals surface area contributed by atoms with Crippen LogP contribution >= 0.6 is 12.6 Å². The summed E-state index contributed by atoms with van der Waals surface area (Å²) in [6.45, 7) is 3.86. The number of carboxylic acids is 1. The number of aromatic amines is 1. The Labute approximate surface area is 238 Å². The van der Waals surface area contributed by atoms with Crippen molar-refractivity contribution in [3.63, 3.8) is 0 Å². The Kier molecular flexibility index (Phi) is 12.7. The zero-order chi connectivity index (χ0) is 29.8. The molecule has 14 heteroatoms. The third kappa shape index (κ3) is 9.45. The molecule has 0 saturated carbocycles. The number of amides is 3. The summed E-state index contributed by atoms with van der Waals surface area (Å²) >= 11 is 4.16. The van der Waals surface area contributed by atoms with Crippen molar-refractivity contribution < 1.29 is 24.3 Å². The predicted molar refractivity (Wildman–Crippen MR) is 157 cm³/mol. The lowest BCUT2D eigenvalue weighted by atomic mass is 9.97. The van der Waals surface area contributed by atoms with Gasteiger partial charge in [-0.2, -0.15) is 12.6 Å². The van der Waals surface area contributed by atoms with E-state index in [1.165, 1.54) is 0 Å². The summed E-state index contributed by atoms with van der Waals surface area (Å²) in [5, 5.41) is 18.2. The molecule has 11 N–H and O–H groups in total. The number of nitrogens with zero attached hydrogens (tertiary/aromatic N) is 1. The topological polar surface area (TPSA) is 231 Å². The predicted octanol–water partition coefficient (Wildman–Crippen LogP) is -0.394. The van der Waals surface area contributed by atoms with E-state index in [1.807, 2.05) is 31.2 Å². The maximum Gasteiger partial charge on any atom is 0.326 e. The second-order valence-corrected chi connectivity index (χ2v) is 10.00. The van der Waals surface area contributed by atoms with Crippen LogP contribution in [0.25, 0.3) is 10.9 Å². The Hall–Kier alpha value is -3.78. The number of carboxylic acid groups (broad SMARTS) is 1. The highest BCUT2D eigenvalue weighted by molar-refractivity contribution is 7.80. The van der Waals surface area contributed by atoms with Crippen LogP contribution in [0.1, 0.15) is 38.7 Å². The smallest absolute Gasteiger partial charge is 0.326 e. The van der Waals surface area contributed by atoms with Gasteiger partial charge in [0.2, 0.25) is 17.7 Å². The number of fused-ring (bicyclic) bond motifs is 1. The molecule has 2 rings (SSSR count). The number of para-hydroxylation sites is 1. The normalized spacial score (nSPS) is 14.8. The molecule has 0 saturated heterocycles. The van der Waals surface area contributed by atoms with E-state index < -0.39 is 47.9 Å². The SMILES string of the molecule is CCC(C)C(NC(=O)C(N)Cc1c[nH]c2ccccc12)C(=O)NC(CS)C(=O)NC(CCCN=C(N)N)C(=O)O. The first-order valence-electron chi connectivity index (χ1n) is 13.1. The van der Waals surface area contributed by atoms with Crippen LogP contribution in [-0.2, 0) is 25.6 Å². The van der Waals surface area contributed by atoms with Gasteiger partial charge in [-0.3, -0.25) is 19.4 Å². The van der Waals surface area contributed by atoms with E-state index in [0.717, 1.165) is 16.5 Å². The van der Waals surface area contributed by atoms with Gasteiger partial charge in [0.1, 0.15) is 18.1 Å². The van der Waals surface area contributed by atoms with Crippen molar-refractivity contribution in [1.29, 1.82) is 0 Å². The largest absolute Gasteiger partial charge is 0.480 e. The van der Waals surface area contributed by atoms with Gasteiger partial charge in [-0.15, -0.1) is 0 Å².